The Kier molecular flexibility index (Phi) is 6.06. The molecule has 0 atom stereocenters. The van der Waals surface area contributed by atoms with E-state index in [1.807, 2.05) is 6.07 Å². The van der Waals surface area contributed by atoms with Gasteiger partial charge >= 0.3 is 0 Å². The number of benzene rings is 2. The van der Waals surface area contributed by atoms with Gasteiger partial charge in [0.25, 0.3) is 0 Å². The predicted molar refractivity (Wildman–Crippen MR) is 133 cm³/mol. The van der Waals surface area contributed by atoms with Crippen LogP contribution in [0.3, 0.4) is 0 Å². The molecule has 1 saturated heterocycles. The third-order valence-electron chi connectivity index (χ3n) is 6.14. The summed E-state index contributed by atoms with van der Waals surface area (Å²) in [6.07, 6.45) is 2.18. The molecule has 0 saturated carbocycles. The lowest BCUT2D eigenvalue weighted by Crippen LogP contribution is -2.38. The molecule has 5 rings (SSSR count). The maximum atomic E-state index is 5.51. The quantitative estimate of drug-likeness (QED) is 0.410. The maximum Gasteiger partial charge on any atom is 0.156 e. The number of nitrogens with one attached hydrogen (secondary N) is 1. The number of aromatic nitrogens is 2. The van der Waals surface area contributed by atoms with Gasteiger partial charge in [0.05, 0.1) is 12.0 Å². The SMILES string of the molecule is COc1ccc2c(-c3ccc(C)s3)nnc(NC3CCN(Cc4ccccc4)CC3)c2c1. The minimum absolute atomic E-state index is 0.389. The highest BCUT2D eigenvalue weighted by Gasteiger charge is 2.21. The molecule has 0 bridgehead atoms. The van der Waals surface area contributed by atoms with Crippen molar-refractivity contribution in [3.8, 4) is 16.3 Å². The molecule has 2 aromatic heterocycles. The smallest absolute Gasteiger partial charge is 0.156 e. The van der Waals surface area contributed by atoms with E-state index in [2.05, 4.69) is 81.9 Å². The molecule has 0 amide bonds. The molecule has 0 spiro atoms. The second-order valence-electron chi connectivity index (χ2n) is 8.40. The van der Waals surface area contributed by atoms with Crippen molar-refractivity contribution in [2.24, 2.45) is 0 Å². The minimum Gasteiger partial charge on any atom is -0.497 e. The number of likely N-dealkylation sites (tertiary alicyclic amines) is 1. The summed E-state index contributed by atoms with van der Waals surface area (Å²) >= 11 is 1.75. The molecule has 5 nitrogen and oxygen atoms in total. The van der Waals surface area contributed by atoms with Crippen LogP contribution in [0.15, 0.2) is 60.7 Å². The highest BCUT2D eigenvalue weighted by molar-refractivity contribution is 7.15. The van der Waals surface area contributed by atoms with Gasteiger partial charge in [0.2, 0.25) is 0 Å². The van der Waals surface area contributed by atoms with E-state index in [9.17, 15) is 0 Å². The molecule has 6 heteroatoms. The normalized spacial score (nSPS) is 15.2. The van der Waals surface area contributed by atoms with Crippen molar-refractivity contribution in [2.75, 3.05) is 25.5 Å². The summed E-state index contributed by atoms with van der Waals surface area (Å²) in [4.78, 5) is 4.95. The van der Waals surface area contributed by atoms with Gasteiger partial charge in [-0.15, -0.1) is 21.5 Å². The molecule has 0 unspecified atom stereocenters. The molecule has 1 fully saturated rings. The molecule has 32 heavy (non-hydrogen) atoms. The van der Waals surface area contributed by atoms with Crippen LogP contribution in [-0.4, -0.2) is 41.3 Å². The number of methoxy groups -OCH3 is 1. The first-order chi connectivity index (χ1) is 15.7. The Balaban J connectivity index is 1.35. The number of ether oxygens (including phenoxy) is 1. The third-order valence-corrected chi connectivity index (χ3v) is 7.15. The molecule has 4 aromatic rings. The number of hydrogen-bond donors (Lipinski definition) is 1. The van der Waals surface area contributed by atoms with Crippen LogP contribution < -0.4 is 10.1 Å². The van der Waals surface area contributed by atoms with Gasteiger partial charge in [-0.2, -0.15) is 0 Å². The van der Waals surface area contributed by atoms with Gasteiger partial charge in [0, 0.05) is 41.3 Å². The van der Waals surface area contributed by atoms with E-state index in [0.717, 1.165) is 65.4 Å². The highest BCUT2D eigenvalue weighted by atomic mass is 32.1. The van der Waals surface area contributed by atoms with Crippen molar-refractivity contribution in [3.05, 3.63) is 71.1 Å². The molecular formula is C26H28N4OS. The summed E-state index contributed by atoms with van der Waals surface area (Å²) in [7, 11) is 1.70. The zero-order valence-corrected chi connectivity index (χ0v) is 19.4. The number of anilines is 1. The second kappa shape index (κ2) is 9.27. The minimum atomic E-state index is 0.389. The van der Waals surface area contributed by atoms with Crippen LogP contribution in [0.2, 0.25) is 0 Å². The number of aryl methyl sites for hydroxylation is 1. The molecule has 1 N–H and O–H groups in total. The van der Waals surface area contributed by atoms with E-state index in [0.29, 0.717) is 6.04 Å². The fourth-order valence-electron chi connectivity index (χ4n) is 4.38. The van der Waals surface area contributed by atoms with Crippen molar-refractivity contribution in [1.29, 1.82) is 0 Å². The Morgan fingerprint density at radius 3 is 2.53 bits per heavy atom. The first kappa shape index (κ1) is 20.9. The summed E-state index contributed by atoms with van der Waals surface area (Å²) in [5.41, 5.74) is 2.31. The van der Waals surface area contributed by atoms with E-state index >= 15 is 0 Å². The van der Waals surface area contributed by atoms with E-state index in [1.54, 1.807) is 18.4 Å². The predicted octanol–water partition coefficient (Wildman–Crippen LogP) is 5.75. The summed E-state index contributed by atoms with van der Waals surface area (Å²) in [6.45, 7) is 5.29. The van der Waals surface area contributed by atoms with Gasteiger partial charge in [-0.3, -0.25) is 4.90 Å². The lowest BCUT2D eigenvalue weighted by Gasteiger charge is -2.32. The topological polar surface area (TPSA) is 50.3 Å². The Morgan fingerprint density at radius 2 is 1.81 bits per heavy atom. The first-order valence-electron chi connectivity index (χ1n) is 11.1. The van der Waals surface area contributed by atoms with Crippen LogP contribution in [0.4, 0.5) is 5.82 Å². The lowest BCUT2D eigenvalue weighted by atomic mass is 10.0. The maximum absolute atomic E-state index is 5.51. The van der Waals surface area contributed by atoms with E-state index in [-0.39, 0.29) is 0 Å². The zero-order valence-electron chi connectivity index (χ0n) is 18.5. The summed E-state index contributed by atoms with van der Waals surface area (Å²) in [6, 6.07) is 21.5. The molecule has 1 aliphatic heterocycles. The van der Waals surface area contributed by atoms with Gasteiger partial charge in [0.1, 0.15) is 11.4 Å². The Labute approximate surface area is 193 Å². The Hall–Kier alpha value is -2.96. The van der Waals surface area contributed by atoms with Crippen LogP contribution in [-0.2, 0) is 6.54 Å². The second-order valence-corrected chi connectivity index (χ2v) is 9.69. The lowest BCUT2D eigenvalue weighted by molar-refractivity contribution is 0.211. The largest absolute Gasteiger partial charge is 0.497 e. The van der Waals surface area contributed by atoms with Gasteiger partial charge < -0.3 is 10.1 Å². The first-order valence-corrected chi connectivity index (χ1v) is 12.0. The number of thiophene rings is 1. The Morgan fingerprint density at radius 1 is 1.00 bits per heavy atom. The Bertz CT molecular complexity index is 1200. The number of piperidine rings is 1. The molecule has 2 aromatic carbocycles. The van der Waals surface area contributed by atoms with Crippen LogP contribution in [0, 0.1) is 6.92 Å². The van der Waals surface area contributed by atoms with Gasteiger partial charge in [-0.25, -0.2) is 0 Å². The van der Waals surface area contributed by atoms with Crippen molar-refractivity contribution in [2.45, 2.75) is 32.4 Å². The van der Waals surface area contributed by atoms with Crippen LogP contribution in [0.1, 0.15) is 23.3 Å². The molecular weight excluding hydrogens is 416 g/mol. The average molecular weight is 445 g/mol. The fourth-order valence-corrected chi connectivity index (χ4v) is 5.25. The summed E-state index contributed by atoms with van der Waals surface area (Å²) in [5, 5.41) is 15.1. The monoisotopic (exact) mass is 444 g/mol. The molecule has 3 heterocycles. The van der Waals surface area contributed by atoms with E-state index in [1.165, 1.54) is 10.4 Å². The highest BCUT2D eigenvalue weighted by Crippen LogP contribution is 2.36. The van der Waals surface area contributed by atoms with E-state index in [4.69, 9.17) is 4.74 Å². The summed E-state index contributed by atoms with van der Waals surface area (Å²) < 4.78 is 5.51. The van der Waals surface area contributed by atoms with Crippen molar-refractivity contribution in [3.63, 3.8) is 0 Å². The summed E-state index contributed by atoms with van der Waals surface area (Å²) in [5.74, 6) is 1.68. The van der Waals surface area contributed by atoms with Crippen molar-refractivity contribution in [1.82, 2.24) is 15.1 Å². The van der Waals surface area contributed by atoms with E-state index < -0.39 is 0 Å². The standard InChI is InChI=1S/C26H28N4OS/c1-18-8-11-24(32-18)25-22-10-9-21(31-2)16-23(22)26(29-28-25)27-20-12-14-30(15-13-20)17-19-6-4-3-5-7-19/h3-11,16,20H,12-15,17H2,1-2H3,(H,27,29). The van der Waals surface area contributed by atoms with Crippen LogP contribution >= 0.6 is 11.3 Å². The van der Waals surface area contributed by atoms with Crippen LogP contribution in [0.5, 0.6) is 5.75 Å². The number of hydrogen-bond acceptors (Lipinski definition) is 6. The molecule has 164 valence electrons. The molecule has 0 aliphatic carbocycles. The van der Waals surface area contributed by atoms with Crippen molar-refractivity contribution >= 4 is 27.9 Å². The molecule has 0 radical (unpaired) electrons. The molecule has 1 aliphatic rings. The van der Waals surface area contributed by atoms with Gasteiger partial charge in [0.15, 0.2) is 5.82 Å². The zero-order chi connectivity index (χ0) is 21.9. The van der Waals surface area contributed by atoms with Crippen LogP contribution in [0.25, 0.3) is 21.3 Å². The number of rotatable bonds is 6. The van der Waals surface area contributed by atoms with Gasteiger partial charge in [-0.05, 0) is 55.7 Å². The van der Waals surface area contributed by atoms with Gasteiger partial charge in [-0.1, -0.05) is 30.3 Å². The fraction of sp³-hybridized carbons (Fsp3) is 0.308. The number of fused-ring (bicyclic) bond motifs is 1. The average Bonchev–Trinajstić information content (AvgIpc) is 3.27. The third kappa shape index (κ3) is 4.47. The number of nitrogens with zero attached hydrogens (tertiary/aromatic N) is 3. The van der Waals surface area contributed by atoms with Crippen molar-refractivity contribution < 1.29 is 4.74 Å².